The first kappa shape index (κ1) is 14.0. The van der Waals surface area contributed by atoms with Crippen LogP contribution < -0.4 is 0 Å². The van der Waals surface area contributed by atoms with Crippen LogP contribution in [0.15, 0.2) is 0 Å². The third-order valence-corrected chi connectivity index (χ3v) is 2.55. The van der Waals surface area contributed by atoms with E-state index in [0.717, 1.165) is 6.42 Å². The second-order valence-corrected chi connectivity index (χ2v) is 4.71. The van der Waals surface area contributed by atoms with Gasteiger partial charge in [0.15, 0.2) is 0 Å². The second kappa shape index (κ2) is 6.01. The van der Waals surface area contributed by atoms with Gasteiger partial charge in [0.25, 0.3) is 0 Å². The van der Waals surface area contributed by atoms with Crippen molar-refractivity contribution in [2.45, 2.75) is 51.0 Å². The van der Waals surface area contributed by atoms with Crippen molar-refractivity contribution in [3.05, 3.63) is 0 Å². The molecule has 1 aliphatic heterocycles. The Bertz CT molecular complexity index is 212. The molecule has 0 amide bonds. The van der Waals surface area contributed by atoms with Crippen LogP contribution in [0.5, 0.6) is 0 Å². The van der Waals surface area contributed by atoms with Gasteiger partial charge >= 0.3 is 0 Å². The first-order chi connectivity index (χ1) is 7.47. The predicted molar refractivity (Wildman–Crippen MR) is 61.6 cm³/mol. The predicted octanol–water partition coefficient (Wildman–Crippen LogP) is 0.462. The molecule has 3 atom stereocenters. The molecule has 1 fully saturated rings. The largest absolute Gasteiger partial charge is 0.395 e. The lowest BCUT2D eigenvalue weighted by atomic mass is 9.96. The molecule has 1 rings (SSSR count). The topological polar surface area (TPSA) is 47.9 Å². The molecule has 0 saturated carbocycles. The van der Waals surface area contributed by atoms with Gasteiger partial charge in [0, 0.05) is 12.4 Å². The molecular weight excluding hydrogens is 207 g/mol. The fourth-order valence-electron chi connectivity index (χ4n) is 1.83. The quantitative estimate of drug-likeness (QED) is 0.671. The Labute approximate surface area is 98.7 Å². The van der Waals surface area contributed by atoms with Gasteiger partial charge in [-0.1, -0.05) is 0 Å². The van der Waals surface area contributed by atoms with Crippen LogP contribution in [-0.4, -0.2) is 56.6 Å². The zero-order valence-electron chi connectivity index (χ0n) is 10.3. The maximum absolute atomic E-state index is 8.92. The summed E-state index contributed by atoms with van der Waals surface area (Å²) in [6.07, 6.45) is 1.02. The summed E-state index contributed by atoms with van der Waals surface area (Å²) in [5, 5.41) is 8.92. The van der Waals surface area contributed by atoms with Gasteiger partial charge in [0.05, 0.1) is 32.0 Å². The molecule has 2 radical (unpaired) electrons. The molecule has 0 aromatic heterocycles. The van der Waals surface area contributed by atoms with E-state index in [9.17, 15) is 0 Å². The zero-order valence-corrected chi connectivity index (χ0v) is 10.3. The number of ether oxygens (including phenoxy) is 3. The molecule has 0 spiro atoms. The summed E-state index contributed by atoms with van der Waals surface area (Å²) >= 11 is 0. The highest BCUT2D eigenvalue weighted by Gasteiger charge is 2.41. The number of hydrogen-bond donors (Lipinski definition) is 1. The minimum Gasteiger partial charge on any atom is -0.395 e. The minimum atomic E-state index is -0.676. The van der Waals surface area contributed by atoms with E-state index in [1.165, 1.54) is 0 Å². The molecule has 0 bridgehead atoms. The van der Waals surface area contributed by atoms with Crippen molar-refractivity contribution < 1.29 is 19.3 Å². The summed E-state index contributed by atoms with van der Waals surface area (Å²) in [7, 11) is 5.61. The Morgan fingerprint density at radius 2 is 2.25 bits per heavy atom. The molecule has 4 nitrogen and oxygen atoms in total. The standard InChI is InChI=1S/C11H21BO4/c1-8(2)14-6-11(16-10(12)5-13)4-9(3)15-7-11/h8-10,13H,4-7H2,1-3H3/t9?,10-,11+/m1/s1. The maximum atomic E-state index is 8.92. The summed E-state index contributed by atoms with van der Waals surface area (Å²) < 4.78 is 16.7. The SMILES string of the molecule is [B][C@@H](CO)O[C@@]1(COC(C)C)COC(C)C1. The highest BCUT2D eigenvalue weighted by atomic mass is 16.6. The van der Waals surface area contributed by atoms with Crippen LogP contribution >= 0.6 is 0 Å². The Balaban J connectivity index is 2.54. The van der Waals surface area contributed by atoms with Gasteiger partial charge in [-0.25, -0.2) is 0 Å². The summed E-state index contributed by atoms with van der Waals surface area (Å²) in [5.41, 5.74) is -0.508. The van der Waals surface area contributed by atoms with Gasteiger partial charge in [0.2, 0.25) is 0 Å². The van der Waals surface area contributed by atoms with E-state index >= 15 is 0 Å². The summed E-state index contributed by atoms with van der Waals surface area (Å²) in [6.45, 7) is 6.65. The number of aliphatic hydroxyl groups is 1. The molecule has 1 unspecified atom stereocenters. The molecule has 0 aromatic rings. The average molecular weight is 228 g/mol. The number of hydrogen-bond acceptors (Lipinski definition) is 4. The molecule has 5 heteroatoms. The normalized spacial score (nSPS) is 32.2. The molecule has 16 heavy (non-hydrogen) atoms. The van der Waals surface area contributed by atoms with Crippen molar-refractivity contribution in [2.75, 3.05) is 19.8 Å². The van der Waals surface area contributed by atoms with Crippen LogP contribution in [-0.2, 0) is 14.2 Å². The lowest BCUT2D eigenvalue weighted by Gasteiger charge is -2.31. The van der Waals surface area contributed by atoms with Crippen LogP contribution in [0.4, 0.5) is 0 Å². The average Bonchev–Trinajstić information content (AvgIpc) is 2.58. The van der Waals surface area contributed by atoms with Crippen LogP contribution in [0.3, 0.4) is 0 Å². The smallest absolute Gasteiger partial charge is 0.117 e. The summed E-state index contributed by atoms with van der Waals surface area (Å²) in [5.74, 6) is 0. The summed E-state index contributed by atoms with van der Waals surface area (Å²) in [6, 6.07) is -0.676. The molecule has 1 aliphatic rings. The van der Waals surface area contributed by atoms with Gasteiger partial charge < -0.3 is 19.3 Å². The summed E-state index contributed by atoms with van der Waals surface area (Å²) in [4.78, 5) is 0. The van der Waals surface area contributed by atoms with Gasteiger partial charge in [-0.2, -0.15) is 0 Å². The lowest BCUT2D eigenvalue weighted by molar-refractivity contribution is -0.128. The maximum Gasteiger partial charge on any atom is 0.117 e. The minimum absolute atomic E-state index is 0.140. The first-order valence-corrected chi connectivity index (χ1v) is 5.75. The van der Waals surface area contributed by atoms with E-state index < -0.39 is 11.6 Å². The van der Waals surface area contributed by atoms with E-state index in [1.54, 1.807) is 0 Å². The van der Waals surface area contributed by atoms with Gasteiger partial charge in [-0.3, -0.25) is 0 Å². The van der Waals surface area contributed by atoms with Crippen molar-refractivity contribution in [1.82, 2.24) is 0 Å². The fourth-order valence-corrected chi connectivity index (χ4v) is 1.83. The monoisotopic (exact) mass is 228 g/mol. The van der Waals surface area contributed by atoms with Gasteiger partial charge in [0.1, 0.15) is 13.4 Å². The van der Waals surface area contributed by atoms with Crippen LogP contribution in [0.25, 0.3) is 0 Å². The van der Waals surface area contributed by atoms with Crippen molar-refractivity contribution in [1.29, 1.82) is 0 Å². The Morgan fingerprint density at radius 1 is 1.56 bits per heavy atom. The highest BCUT2D eigenvalue weighted by Crippen LogP contribution is 2.29. The number of rotatable bonds is 6. The highest BCUT2D eigenvalue weighted by molar-refractivity contribution is 6.11. The van der Waals surface area contributed by atoms with E-state index in [4.69, 9.17) is 27.2 Å². The molecular formula is C11H21BO4. The van der Waals surface area contributed by atoms with E-state index in [0.29, 0.717) is 13.2 Å². The lowest BCUT2D eigenvalue weighted by Crippen LogP contribution is -2.44. The van der Waals surface area contributed by atoms with Crippen LogP contribution in [0.2, 0.25) is 0 Å². The van der Waals surface area contributed by atoms with Crippen molar-refractivity contribution in [2.24, 2.45) is 0 Å². The van der Waals surface area contributed by atoms with Crippen LogP contribution in [0, 0.1) is 0 Å². The first-order valence-electron chi connectivity index (χ1n) is 5.75. The third-order valence-electron chi connectivity index (χ3n) is 2.55. The molecule has 1 N–H and O–H groups in total. The molecule has 1 saturated heterocycles. The molecule has 0 aromatic carbocycles. The van der Waals surface area contributed by atoms with E-state index in [1.807, 2.05) is 20.8 Å². The van der Waals surface area contributed by atoms with Crippen molar-refractivity contribution in [3.8, 4) is 0 Å². The van der Waals surface area contributed by atoms with Crippen LogP contribution in [0.1, 0.15) is 27.2 Å². The van der Waals surface area contributed by atoms with Crippen molar-refractivity contribution in [3.63, 3.8) is 0 Å². The van der Waals surface area contributed by atoms with E-state index in [2.05, 4.69) is 0 Å². The second-order valence-electron chi connectivity index (χ2n) is 4.71. The zero-order chi connectivity index (χ0) is 12.2. The van der Waals surface area contributed by atoms with E-state index in [-0.39, 0.29) is 18.8 Å². The van der Waals surface area contributed by atoms with Gasteiger partial charge in [-0.05, 0) is 20.8 Å². The van der Waals surface area contributed by atoms with Crippen molar-refractivity contribution >= 4 is 7.85 Å². The molecule has 1 heterocycles. The Hall–Kier alpha value is -0.0951. The Kier molecular flexibility index (Phi) is 5.24. The molecule has 0 aliphatic carbocycles. The fraction of sp³-hybridized carbons (Fsp3) is 1.00. The number of aliphatic hydroxyl groups excluding tert-OH is 1. The Morgan fingerprint density at radius 3 is 2.69 bits per heavy atom. The molecule has 92 valence electrons. The van der Waals surface area contributed by atoms with Gasteiger partial charge in [-0.15, -0.1) is 0 Å². The third kappa shape index (κ3) is 4.05.